The Balaban J connectivity index is 1.11. The smallest absolute Gasteiger partial charge is 0.137 e. The van der Waals surface area contributed by atoms with E-state index in [-0.39, 0.29) is 0 Å². The van der Waals surface area contributed by atoms with E-state index in [4.69, 9.17) is 4.42 Å². The standard InChI is InChI=1S/C57H37NO/c1-3-17-42(18-4-1)57(43-19-5-2-6-20-43)51-25-11-9-22-48(51)49-34-33-45(37-52(49)57)58(53-26-14-28-55-56(53)50-23-10-12-27-54(50)59-55)44-32-31-39-35-41(30-29-40(39)36-44)47-24-13-16-38-15-7-8-21-46(38)47/h1-37H. The summed E-state index contributed by atoms with van der Waals surface area (Å²) in [5.74, 6) is 0. The summed E-state index contributed by atoms with van der Waals surface area (Å²) < 4.78 is 6.51. The van der Waals surface area contributed by atoms with E-state index in [2.05, 4.69) is 223 Å². The maximum absolute atomic E-state index is 6.51. The van der Waals surface area contributed by atoms with Gasteiger partial charge in [-0.15, -0.1) is 0 Å². The van der Waals surface area contributed by atoms with Crippen LogP contribution in [0.1, 0.15) is 22.3 Å². The van der Waals surface area contributed by atoms with E-state index in [9.17, 15) is 0 Å². The second kappa shape index (κ2) is 13.2. The van der Waals surface area contributed by atoms with Crippen LogP contribution in [-0.2, 0) is 5.41 Å². The molecule has 1 aliphatic rings. The molecule has 1 aliphatic carbocycles. The van der Waals surface area contributed by atoms with Crippen LogP contribution < -0.4 is 4.90 Å². The van der Waals surface area contributed by atoms with Gasteiger partial charge in [-0.3, -0.25) is 0 Å². The number of benzene rings is 10. The van der Waals surface area contributed by atoms with Crippen LogP contribution >= 0.6 is 0 Å². The van der Waals surface area contributed by atoms with Crippen molar-refractivity contribution in [3.05, 3.63) is 247 Å². The molecule has 12 rings (SSSR count). The van der Waals surface area contributed by atoms with Crippen molar-refractivity contribution in [1.82, 2.24) is 0 Å². The van der Waals surface area contributed by atoms with E-state index in [0.717, 1.165) is 39.0 Å². The molecule has 276 valence electrons. The first-order valence-corrected chi connectivity index (χ1v) is 20.3. The molecular weight excluding hydrogens is 715 g/mol. The molecule has 0 radical (unpaired) electrons. The molecule has 0 bridgehead atoms. The molecule has 1 aromatic heterocycles. The Labute approximate surface area is 342 Å². The minimum absolute atomic E-state index is 0.522. The average molecular weight is 752 g/mol. The fourth-order valence-electron chi connectivity index (χ4n) is 9.96. The fourth-order valence-corrected chi connectivity index (χ4v) is 9.96. The molecule has 0 fully saturated rings. The third-order valence-corrected chi connectivity index (χ3v) is 12.5. The number of anilines is 3. The SMILES string of the molecule is c1ccc(C2(c3ccccc3)c3ccccc3-c3ccc(N(c4ccc5cc(-c6cccc7ccccc67)ccc5c4)c4cccc5oc6ccccc6c45)cc32)cc1. The highest BCUT2D eigenvalue weighted by Gasteiger charge is 2.46. The Bertz CT molecular complexity index is 3350. The highest BCUT2D eigenvalue weighted by atomic mass is 16.3. The van der Waals surface area contributed by atoms with Crippen molar-refractivity contribution in [3.8, 4) is 22.3 Å². The predicted molar refractivity (Wildman–Crippen MR) is 246 cm³/mol. The van der Waals surface area contributed by atoms with Gasteiger partial charge in [0.2, 0.25) is 0 Å². The molecule has 0 aliphatic heterocycles. The highest BCUT2D eigenvalue weighted by molar-refractivity contribution is 6.13. The highest BCUT2D eigenvalue weighted by Crippen LogP contribution is 2.57. The van der Waals surface area contributed by atoms with Crippen molar-refractivity contribution in [2.24, 2.45) is 0 Å². The van der Waals surface area contributed by atoms with Gasteiger partial charge in [-0.05, 0) is 115 Å². The number of para-hydroxylation sites is 1. The van der Waals surface area contributed by atoms with E-state index in [0.29, 0.717) is 0 Å². The fraction of sp³-hybridized carbons (Fsp3) is 0.0175. The molecule has 2 nitrogen and oxygen atoms in total. The Kier molecular flexibility index (Phi) is 7.48. The number of fused-ring (bicyclic) bond motifs is 8. The minimum atomic E-state index is -0.522. The molecule has 2 heteroatoms. The van der Waals surface area contributed by atoms with E-state index in [1.165, 1.54) is 66.1 Å². The number of rotatable bonds is 6. The van der Waals surface area contributed by atoms with Crippen molar-refractivity contribution in [2.75, 3.05) is 4.90 Å². The van der Waals surface area contributed by atoms with Gasteiger partial charge in [0, 0.05) is 16.8 Å². The van der Waals surface area contributed by atoms with Crippen LogP contribution in [0.4, 0.5) is 17.1 Å². The lowest BCUT2D eigenvalue weighted by molar-refractivity contribution is 0.669. The van der Waals surface area contributed by atoms with Crippen LogP contribution in [0.3, 0.4) is 0 Å². The molecule has 59 heavy (non-hydrogen) atoms. The van der Waals surface area contributed by atoms with Crippen molar-refractivity contribution in [3.63, 3.8) is 0 Å². The number of furan rings is 1. The summed E-state index contributed by atoms with van der Waals surface area (Å²) >= 11 is 0. The first-order chi connectivity index (χ1) is 29.3. The van der Waals surface area contributed by atoms with Crippen LogP contribution in [-0.4, -0.2) is 0 Å². The van der Waals surface area contributed by atoms with E-state index in [1.807, 2.05) is 6.07 Å². The second-order valence-corrected chi connectivity index (χ2v) is 15.6. The maximum atomic E-state index is 6.51. The Morgan fingerprint density at radius 3 is 1.80 bits per heavy atom. The second-order valence-electron chi connectivity index (χ2n) is 15.6. The average Bonchev–Trinajstić information content (AvgIpc) is 3.84. The van der Waals surface area contributed by atoms with Gasteiger partial charge in [0.1, 0.15) is 11.2 Å². The van der Waals surface area contributed by atoms with Gasteiger partial charge in [-0.25, -0.2) is 0 Å². The third-order valence-electron chi connectivity index (χ3n) is 12.5. The van der Waals surface area contributed by atoms with Gasteiger partial charge in [0.15, 0.2) is 0 Å². The van der Waals surface area contributed by atoms with Crippen LogP contribution in [0.2, 0.25) is 0 Å². The van der Waals surface area contributed by atoms with Crippen LogP contribution in [0.15, 0.2) is 229 Å². The summed E-state index contributed by atoms with van der Waals surface area (Å²) in [4.78, 5) is 2.44. The zero-order valence-electron chi connectivity index (χ0n) is 32.2. The Morgan fingerprint density at radius 2 is 0.949 bits per heavy atom. The summed E-state index contributed by atoms with van der Waals surface area (Å²) in [6, 6.07) is 81.9. The number of hydrogen-bond donors (Lipinski definition) is 0. The summed E-state index contributed by atoms with van der Waals surface area (Å²) in [7, 11) is 0. The maximum Gasteiger partial charge on any atom is 0.137 e. The normalized spacial score (nSPS) is 12.9. The summed E-state index contributed by atoms with van der Waals surface area (Å²) in [6.45, 7) is 0. The molecule has 0 amide bonds. The summed E-state index contributed by atoms with van der Waals surface area (Å²) in [6.07, 6.45) is 0. The van der Waals surface area contributed by atoms with Gasteiger partial charge in [0.25, 0.3) is 0 Å². The van der Waals surface area contributed by atoms with Crippen LogP contribution in [0.25, 0.3) is 65.7 Å². The lowest BCUT2D eigenvalue weighted by Crippen LogP contribution is -2.28. The Hall–Kier alpha value is -7.68. The topological polar surface area (TPSA) is 16.4 Å². The summed E-state index contributed by atoms with van der Waals surface area (Å²) in [5, 5.41) is 7.08. The molecule has 0 unspecified atom stereocenters. The molecule has 1 heterocycles. The third kappa shape index (κ3) is 5.06. The van der Waals surface area contributed by atoms with Gasteiger partial charge in [-0.1, -0.05) is 176 Å². The van der Waals surface area contributed by atoms with Gasteiger partial charge in [-0.2, -0.15) is 0 Å². The predicted octanol–water partition coefficient (Wildman–Crippen LogP) is 15.4. The first kappa shape index (κ1) is 33.5. The van der Waals surface area contributed by atoms with Crippen molar-refractivity contribution < 1.29 is 4.42 Å². The quantitative estimate of drug-likeness (QED) is 0.168. The zero-order valence-corrected chi connectivity index (χ0v) is 32.2. The van der Waals surface area contributed by atoms with E-state index in [1.54, 1.807) is 0 Å². The van der Waals surface area contributed by atoms with Crippen molar-refractivity contribution in [2.45, 2.75) is 5.41 Å². The number of hydrogen-bond acceptors (Lipinski definition) is 2. The van der Waals surface area contributed by atoms with Crippen LogP contribution in [0, 0.1) is 0 Å². The van der Waals surface area contributed by atoms with E-state index < -0.39 is 5.41 Å². The Morgan fingerprint density at radius 1 is 0.356 bits per heavy atom. The van der Waals surface area contributed by atoms with Gasteiger partial charge >= 0.3 is 0 Å². The molecule has 11 aromatic rings. The summed E-state index contributed by atoms with van der Waals surface area (Å²) in [5.41, 5.74) is 14.5. The molecule has 10 aromatic carbocycles. The van der Waals surface area contributed by atoms with Crippen LogP contribution in [0.5, 0.6) is 0 Å². The first-order valence-electron chi connectivity index (χ1n) is 20.3. The number of nitrogens with zero attached hydrogens (tertiary/aromatic N) is 1. The molecule has 0 saturated carbocycles. The molecule has 0 N–H and O–H groups in total. The van der Waals surface area contributed by atoms with Crippen molar-refractivity contribution in [1.29, 1.82) is 0 Å². The lowest BCUT2D eigenvalue weighted by atomic mass is 9.67. The van der Waals surface area contributed by atoms with Gasteiger partial charge in [0.05, 0.1) is 16.5 Å². The van der Waals surface area contributed by atoms with Gasteiger partial charge < -0.3 is 9.32 Å². The molecule has 0 atom stereocenters. The molecule has 0 spiro atoms. The minimum Gasteiger partial charge on any atom is -0.456 e. The molecule has 0 saturated heterocycles. The van der Waals surface area contributed by atoms with E-state index >= 15 is 0 Å². The largest absolute Gasteiger partial charge is 0.456 e. The monoisotopic (exact) mass is 751 g/mol. The lowest BCUT2D eigenvalue weighted by Gasteiger charge is -2.35. The van der Waals surface area contributed by atoms with Crippen molar-refractivity contribution >= 4 is 60.5 Å². The molecular formula is C57H37NO. The zero-order chi connectivity index (χ0) is 38.9.